The molecule has 4 aromatic rings. The van der Waals surface area contributed by atoms with Crippen LogP contribution in [0.15, 0.2) is 65.1 Å². The Morgan fingerprint density at radius 1 is 1.00 bits per heavy atom. The van der Waals surface area contributed by atoms with Crippen molar-refractivity contribution in [2.24, 2.45) is 0 Å². The van der Waals surface area contributed by atoms with Gasteiger partial charge in [0.1, 0.15) is 35.0 Å². The van der Waals surface area contributed by atoms with E-state index >= 15 is 0 Å². The summed E-state index contributed by atoms with van der Waals surface area (Å²) in [6, 6.07) is 21.5. The van der Waals surface area contributed by atoms with Gasteiger partial charge in [0.05, 0.1) is 29.4 Å². The summed E-state index contributed by atoms with van der Waals surface area (Å²) in [6.45, 7) is 8.50. The monoisotopic (exact) mass is 656 g/mol. The smallest absolute Gasteiger partial charge is 0.213 e. The van der Waals surface area contributed by atoms with Gasteiger partial charge in [-0.3, -0.25) is 4.57 Å². The van der Waals surface area contributed by atoms with Crippen LogP contribution < -0.4 is 4.74 Å². The molecule has 2 aliphatic rings. The Hall–Kier alpha value is -2.24. The van der Waals surface area contributed by atoms with Crippen molar-refractivity contribution in [1.82, 2.24) is 9.55 Å². The summed E-state index contributed by atoms with van der Waals surface area (Å²) in [5.74, 6) is 0.576. The van der Waals surface area contributed by atoms with E-state index in [4.69, 9.17) is 35.5 Å². The predicted molar refractivity (Wildman–Crippen MR) is 167 cm³/mol. The molecule has 7 nitrogen and oxygen atoms in total. The number of aliphatic hydroxyl groups excluding tert-OH is 1. The largest absolute Gasteiger partial charge is 0.469 e. The molecule has 0 spiro atoms. The molecule has 2 saturated heterocycles. The Morgan fingerprint density at radius 2 is 1.68 bits per heavy atom. The molecular weight excluding hydrogens is 624 g/mol. The van der Waals surface area contributed by atoms with Gasteiger partial charge in [-0.25, -0.2) is 4.98 Å². The van der Waals surface area contributed by atoms with Crippen LogP contribution in [0.5, 0.6) is 5.88 Å². The summed E-state index contributed by atoms with van der Waals surface area (Å²) < 4.78 is 27.0. The Morgan fingerprint density at radius 3 is 2.41 bits per heavy atom. The minimum Gasteiger partial charge on any atom is -0.469 e. The average molecular weight is 658 g/mol. The van der Waals surface area contributed by atoms with Gasteiger partial charge in [-0.05, 0) is 39.2 Å². The van der Waals surface area contributed by atoms with Crippen LogP contribution in [0.25, 0.3) is 33.4 Å². The van der Waals surface area contributed by atoms with Gasteiger partial charge >= 0.3 is 0 Å². The Balaban J connectivity index is 1.34. The van der Waals surface area contributed by atoms with Crippen LogP contribution in [0.4, 0.5) is 0 Å². The standard InChI is InChI=1S/C31H34BrClN2O5Si/c1-41(2,3)14-13-37-18-35-23-15-22(33)27(21-11-9-20(10-12-21)19-7-5-4-6-8-19)34-28(23)26(32)31(35)40-25-17-39-29-24(36)16-38-30(25)29/h4-12,15,24-25,29-30,36H,13-14,16-18H2,1-3H3/t24-,25-,29-,30-/m1/s1. The summed E-state index contributed by atoms with van der Waals surface area (Å²) in [5.41, 5.74) is 5.42. The lowest BCUT2D eigenvalue weighted by atomic mass is 10.0. The Bertz CT molecular complexity index is 1530. The first-order chi connectivity index (χ1) is 19.7. The number of pyridine rings is 1. The normalized spacial score (nSPS) is 22.4. The van der Waals surface area contributed by atoms with Crippen LogP contribution in [0.1, 0.15) is 0 Å². The van der Waals surface area contributed by atoms with Crippen molar-refractivity contribution < 1.29 is 24.1 Å². The van der Waals surface area contributed by atoms with E-state index in [1.165, 1.54) is 0 Å². The lowest BCUT2D eigenvalue weighted by molar-refractivity contribution is 0.00456. The molecule has 4 atom stereocenters. The van der Waals surface area contributed by atoms with Gasteiger partial charge in [0.2, 0.25) is 5.88 Å². The molecule has 0 unspecified atom stereocenters. The quantitative estimate of drug-likeness (QED) is 0.154. The summed E-state index contributed by atoms with van der Waals surface area (Å²) in [7, 11) is -1.25. The van der Waals surface area contributed by atoms with E-state index in [1.54, 1.807) is 0 Å². The highest BCUT2D eigenvalue weighted by Crippen LogP contribution is 2.41. The third-order valence-electron chi connectivity index (χ3n) is 7.61. The highest BCUT2D eigenvalue weighted by atomic mass is 79.9. The summed E-state index contributed by atoms with van der Waals surface area (Å²) >= 11 is 10.7. The molecular formula is C31H34BrClN2O5Si. The number of hydrogen-bond donors (Lipinski definition) is 1. The zero-order chi connectivity index (χ0) is 28.7. The number of nitrogens with zero attached hydrogens (tertiary/aromatic N) is 2. The fourth-order valence-corrected chi connectivity index (χ4v) is 6.91. The molecule has 2 fully saturated rings. The molecule has 4 heterocycles. The molecule has 0 aliphatic carbocycles. The minimum atomic E-state index is -1.25. The average Bonchev–Trinajstić information content (AvgIpc) is 3.61. The molecule has 0 bridgehead atoms. The van der Waals surface area contributed by atoms with Crippen LogP contribution in [0, 0.1) is 0 Å². The van der Waals surface area contributed by atoms with Crippen molar-refractivity contribution in [3.8, 4) is 28.3 Å². The number of aliphatic hydroxyl groups is 1. The summed E-state index contributed by atoms with van der Waals surface area (Å²) in [6.07, 6.45) is -1.75. The molecule has 2 aliphatic heterocycles. The van der Waals surface area contributed by atoms with E-state index < -0.39 is 14.2 Å². The predicted octanol–water partition coefficient (Wildman–Crippen LogP) is 7.00. The highest BCUT2D eigenvalue weighted by molar-refractivity contribution is 9.10. The van der Waals surface area contributed by atoms with Crippen molar-refractivity contribution in [3.05, 3.63) is 70.2 Å². The molecule has 216 valence electrons. The first-order valence-electron chi connectivity index (χ1n) is 13.9. The Kier molecular flexibility index (Phi) is 8.30. The van der Waals surface area contributed by atoms with Gasteiger partial charge in [0, 0.05) is 20.2 Å². The van der Waals surface area contributed by atoms with Crippen LogP contribution in [-0.4, -0.2) is 67.0 Å². The van der Waals surface area contributed by atoms with E-state index in [9.17, 15) is 5.11 Å². The van der Waals surface area contributed by atoms with E-state index in [0.29, 0.717) is 34.3 Å². The third-order valence-corrected chi connectivity index (χ3v) is 10.3. The van der Waals surface area contributed by atoms with Crippen LogP contribution in [0.2, 0.25) is 30.7 Å². The molecule has 41 heavy (non-hydrogen) atoms. The van der Waals surface area contributed by atoms with E-state index in [-0.39, 0.29) is 31.6 Å². The van der Waals surface area contributed by atoms with E-state index in [1.807, 2.05) is 41.0 Å². The fraction of sp³-hybridized carbons (Fsp3) is 0.387. The first-order valence-corrected chi connectivity index (χ1v) is 18.8. The molecule has 2 aromatic heterocycles. The maximum Gasteiger partial charge on any atom is 0.213 e. The second kappa shape index (κ2) is 11.8. The van der Waals surface area contributed by atoms with Gasteiger partial charge < -0.3 is 24.1 Å². The van der Waals surface area contributed by atoms with E-state index in [0.717, 1.165) is 33.8 Å². The zero-order valence-electron chi connectivity index (χ0n) is 23.3. The van der Waals surface area contributed by atoms with Crippen molar-refractivity contribution in [3.63, 3.8) is 0 Å². The molecule has 0 amide bonds. The molecule has 6 rings (SSSR count). The van der Waals surface area contributed by atoms with Crippen molar-refractivity contribution in [1.29, 1.82) is 0 Å². The van der Waals surface area contributed by atoms with Gasteiger partial charge in [-0.1, -0.05) is 85.8 Å². The number of halogens is 2. The molecule has 0 saturated carbocycles. The lowest BCUT2D eigenvalue weighted by Crippen LogP contribution is -2.35. The first kappa shape index (κ1) is 28.9. The summed E-state index contributed by atoms with van der Waals surface area (Å²) in [5, 5.41) is 10.7. The highest BCUT2D eigenvalue weighted by Gasteiger charge is 2.49. The number of fused-ring (bicyclic) bond motifs is 2. The van der Waals surface area contributed by atoms with Gasteiger partial charge in [-0.2, -0.15) is 0 Å². The van der Waals surface area contributed by atoms with Crippen LogP contribution in [0.3, 0.4) is 0 Å². The second-order valence-corrected chi connectivity index (χ2v) is 18.7. The van der Waals surface area contributed by atoms with Crippen LogP contribution in [-0.2, 0) is 20.9 Å². The maximum absolute atomic E-state index is 10.2. The number of benzene rings is 2. The SMILES string of the molecule is C[Si](C)(C)CCOCn1c(O[C@@H]2CO[C@H]3[C@@H]2OC[C@H]3O)c(Br)c2nc(-c3ccc(-c4ccccc4)cc3)c(Cl)cc21. The topological polar surface area (TPSA) is 75.0 Å². The fourth-order valence-electron chi connectivity index (χ4n) is 5.30. The molecule has 10 heteroatoms. The number of aromatic nitrogens is 2. The zero-order valence-corrected chi connectivity index (χ0v) is 26.7. The van der Waals surface area contributed by atoms with Gasteiger partial charge in [0.15, 0.2) is 6.10 Å². The second-order valence-electron chi connectivity index (χ2n) is 11.8. The minimum absolute atomic E-state index is 0.239. The molecule has 1 N–H and O–H groups in total. The number of ether oxygens (including phenoxy) is 4. The van der Waals surface area contributed by atoms with Crippen molar-refractivity contribution in [2.45, 2.75) is 56.8 Å². The number of rotatable bonds is 9. The number of hydrogen-bond acceptors (Lipinski definition) is 6. The van der Waals surface area contributed by atoms with Crippen molar-refractivity contribution >= 4 is 46.6 Å². The van der Waals surface area contributed by atoms with E-state index in [2.05, 4.69) is 59.8 Å². The molecule has 2 aromatic carbocycles. The van der Waals surface area contributed by atoms with Gasteiger partial charge in [-0.15, -0.1) is 0 Å². The van der Waals surface area contributed by atoms with Gasteiger partial charge in [0.25, 0.3) is 0 Å². The summed E-state index contributed by atoms with van der Waals surface area (Å²) in [4.78, 5) is 5.02. The molecule has 0 radical (unpaired) electrons. The van der Waals surface area contributed by atoms with Crippen molar-refractivity contribution in [2.75, 3.05) is 19.8 Å². The van der Waals surface area contributed by atoms with Crippen LogP contribution >= 0.6 is 27.5 Å². The maximum atomic E-state index is 10.2. The third kappa shape index (κ3) is 5.99. The Labute approximate surface area is 254 Å². The lowest BCUT2D eigenvalue weighted by Gasteiger charge is -2.20.